The molecule has 1 aromatic carbocycles. The SMILES string of the molecule is CN(C(=O)N1C[C@H](O)C[C@@H]1C(=O)O)c1cccc(F)c1. The topological polar surface area (TPSA) is 81.1 Å². The summed E-state index contributed by atoms with van der Waals surface area (Å²) in [6.45, 7) is -0.0462. The van der Waals surface area contributed by atoms with Crippen molar-refractivity contribution in [3.8, 4) is 0 Å². The number of aliphatic hydroxyl groups excluding tert-OH is 1. The molecule has 2 amide bonds. The Morgan fingerprint density at radius 3 is 2.75 bits per heavy atom. The molecule has 0 unspecified atom stereocenters. The first-order valence-electron chi connectivity index (χ1n) is 6.11. The van der Waals surface area contributed by atoms with Crippen LogP contribution in [0.1, 0.15) is 6.42 Å². The zero-order chi connectivity index (χ0) is 14.9. The predicted octanol–water partition coefficient (Wildman–Crippen LogP) is 0.902. The van der Waals surface area contributed by atoms with Gasteiger partial charge in [0.1, 0.15) is 11.9 Å². The van der Waals surface area contributed by atoms with Crippen LogP contribution in [0.3, 0.4) is 0 Å². The van der Waals surface area contributed by atoms with Gasteiger partial charge in [-0.15, -0.1) is 0 Å². The Balaban J connectivity index is 2.20. The third-order valence-electron chi connectivity index (χ3n) is 3.29. The summed E-state index contributed by atoms with van der Waals surface area (Å²) in [5, 5.41) is 18.6. The summed E-state index contributed by atoms with van der Waals surface area (Å²) in [5.74, 6) is -1.65. The molecule has 108 valence electrons. The molecule has 6 nitrogen and oxygen atoms in total. The fraction of sp³-hybridized carbons (Fsp3) is 0.385. The summed E-state index contributed by atoms with van der Waals surface area (Å²) in [6.07, 6.45) is -0.862. The highest BCUT2D eigenvalue weighted by molar-refractivity contribution is 5.94. The lowest BCUT2D eigenvalue weighted by Gasteiger charge is -2.27. The van der Waals surface area contributed by atoms with Crippen LogP contribution >= 0.6 is 0 Å². The van der Waals surface area contributed by atoms with Crippen LogP contribution in [-0.2, 0) is 4.79 Å². The zero-order valence-corrected chi connectivity index (χ0v) is 10.9. The van der Waals surface area contributed by atoms with E-state index >= 15 is 0 Å². The number of amides is 2. The first-order valence-corrected chi connectivity index (χ1v) is 6.11. The van der Waals surface area contributed by atoms with Gasteiger partial charge < -0.3 is 15.1 Å². The molecule has 1 aliphatic rings. The smallest absolute Gasteiger partial charge is 0.326 e. The lowest BCUT2D eigenvalue weighted by Crippen LogP contribution is -2.47. The van der Waals surface area contributed by atoms with Crippen molar-refractivity contribution in [2.75, 3.05) is 18.5 Å². The van der Waals surface area contributed by atoms with Crippen LogP contribution in [0.4, 0.5) is 14.9 Å². The molecule has 20 heavy (non-hydrogen) atoms. The maximum atomic E-state index is 13.1. The van der Waals surface area contributed by atoms with Crippen molar-refractivity contribution in [3.05, 3.63) is 30.1 Å². The molecule has 2 atom stereocenters. The molecule has 0 bridgehead atoms. The number of urea groups is 1. The molecule has 1 heterocycles. The van der Waals surface area contributed by atoms with Gasteiger partial charge in [-0.25, -0.2) is 14.0 Å². The highest BCUT2D eigenvalue weighted by atomic mass is 19.1. The average Bonchev–Trinajstić information content (AvgIpc) is 2.79. The summed E-state index contributed by atoms with van der Waals surface area (Å²) in [7, 11) is 1.43. The van der Waals surface area contributed by atoms with Crippen molar-refractivity contribution in [1.82, 2.24) is 4.90 Å². The minimum atomic E-state index is -1.16. The fourth-order valence-corrected chi connectivity index (χ4v) is 2.25. The van der Waals surface area contributed by atoms with Crippen LogP contribution < -0.4 is 4.90 Å². The maximum absolute atomic E-state index is 13.1. The van der Waals surface area contributed by atoms with Crippen LogP contribution in [0.25, 0.3) is 0 Å². The van der Waals surface area contributed by atoms with E-state index in [0.29, 0.717) is 5.69 Å². The van der Waals surface area contributed by atoms with Crippen LogP contribution in [-0.4, -0.2) is 52.9 Å². The molecule has 0 spiro atoms. The quantitative estimate of drug-likeness (QED) is 0.844. The monoisotopic (exact) mass is 282 g/mol. The van der Waals surface area contributed by atoms with E-state index in [1.165, 1.54) is 25.2 Å². The second-order valence-electron chi connectivity index (χ2n) is 4.72. The Kier molecular flexibility index (Phi) is 3.89. The van der Waals surface area contributed by atoms with Crippen LogP contribution in [0, 0.1) is 5.82 Å². The Morgan fingerprint density at radius 2 is 2.15 bits per heavy atom. The number of anilines is 1. The minimum Gasteiger partial charge on any atom is -0.480 e. The van der Waals surface area contributed by atoms with Crippen molar-refractivity contribution in [3.63, 3.8) is 0 Å². The van der Waals surface area contributed by atoms with Crippen molar-refractivity contribution in [2.45, 2.75) is 18.6 Å². The van der Waals surface area contributed by atoms with E-state index in [0.717, 1.165) is 9.80 Å². The van der Waals surface area contributed by atoms with Crippen LogP contribution in [0.5, 0.6) is 0 Å². The molecular weight excluding hydrogens is 267 g/mol. The van der Waals surface area contributed by atoms with E-state index < -0.39 is 30.0 Å². The number of aliphatic hydroxyl groups is 1. The van der Waals surface area contributed by atoms with Gasteiger partial charge in [0, 0.05) is 25.7 Å². The van der Waals surface area contributed by atoms with Crippen LogP contribution in [0.2, 0.25) is 0 Å². The fourth-order valence-electron chi connectivity index (χ4n) is 2.25. The van der Waals surface area contributed by atoms with E-state index in [4.69, 9.17) is 5.11 Å². The second-order valence-corrected chi connectivity index (χ2v) is 4.72. The standard InChI is InChI=1S/C13H15FN2O4/c1-15(9-4-2-3-8(14)5-9)13(20)16-7-10(17)6-11(16)12(18)19/h2-5,10-11,17H,6-7H2,1H3,(H,18,19)/t10-,11-/m1/s1. The number of nitrogens with zero attached hydrogens (tertiary/aromatic N) is 2. The van der Waals surface area contributed by atoms with Crippen LogP contribution in [0.15, 0.2) is 24.3 Å². The van der Waals surface area contributed by atoms with Gasteiger partial charge in [-0.2, -0.15) is 0 Å². The Hall–Kier alpha value is -2.15. The number of likely N-dealkylation sites (tertiary alicyclic amines) is 1. The van der Waals surface area contributed by atoms with Gasteiger partial charge in [-0.3, -0.25) is 4.90 Å². The summed E-state index contributed by atoms with van der Waals surface area (Å²) >= 11 is 0. The number of aliphatic carboxylic acids is 1. The van der Waals surface area contributed by atoms with E-state index in [1.54, 1.807) is 6.07 Å². The Labute approximate surface area is 115 Å². The van der Waals surface area contributed by atoms with Crippen molar-refractivity contribution < 1.29 is 24.2 Å². The van der Waals surface area contributed by atoms with Gasteiger partial charge in [0.25, 0.3) is 0 Å². The Morgan fingerprint density at radius 1 is 1.45 bits per heavy atom. The maximum Gasteiger partial charge on any atom is 0.326 e. The molecule has 1 aliphatic heterocycles. The number of halogens is 1. The molecule has 7 heteroatoms. The van der Waals surface area contributed by atoms with Crippen molar-refractivity contribution in [2.24, 2.45) is 0 Å². The number of β-amino-alcohol motifs (C(OH)–C–C–N with tert-alkyl or cyclic N) is 1. The summed E-state index contributed by atoms with van der Waals surface area (Å²) in [5.41, 5.74) is 0.320. The molecule has 0 radical (unpaired) electrons. The van der Waals surface area contributed by atoms with E-state index in [-0.39, 0.29) is 13.0 Å². The number of benzene rings is 1. The number of hydrogen-bond donors (Lipinski definition) is 2. The average molecular weight is 282 g/mol. The Bertz CT molecular complexity index is 537. The lowest BCUT2D eigenvalue weighted by molar-refractivity contribution is -0.141. The molecule has 2 N–H and O–H groups in total. The highest BCUT2D eigenvalue weighted by Crippen LogP contribution is 2.22. The first-order chi connectivity index (χ1) is 9.40. The van der Waals surface area contributed by atoms with E-state index in [2.05, 4.69) is 0 Å². The molecule has 1 fully saturated rings. The summed E-state index contributed by atoms with van der Waals surface area (Å²) < 4.78 is 13.1. The highest BCUT2D eigenvalue weighted by Gasteiger charge is 2.40. The first kappa shape index (κ1) is 14.3. The molecule has 1 saturated heterocycles. The van der Waals surface area contributed by atoms with Gasteiger partial charge in [0.05, 0.1) is 6.10 Å². The second kappa shape index (κ2) is 5.46. The molecule has 0 aromatic heterocycles. The van der Waals surface area contributed by atoms with Crippen molar-refractivity contribution >= 4 is 17.7 Å². The van der Waals surface area contributed by atoms with Gasteiger partial charge >= 0.3 is 12.0 Å². The minimum absolute atomic E-state index is 0.00192. The van der Waals surface area contributed by atoms with Gasteiger partial charge in [0.2, 0.25) is 0 Å². The molecule has 0 saturated carbocycles. The molecule has 2 rings (SSSR count). The summed E-state index contributed by atoms with van der Waals surface area (Å²) in [4.78, 5) is 25.6. The molecular formula is C13H15FN2O4. The van der Waals surface area contributed by atoms with Crippen molar-refractivity contribution in [1.29, 1.82) is 0 Å². The predicted molar refractivity (Wildman–Crippen MR) is 69.0 cm³/mol. The number of carbonyl (C=O) groups is 2. The number of carboxylic acids is 1. The number of hydrogen-bond acceptors (Lipinski definition) is 3. The van der Waals surface area contributed by atoms with E-state index in [1.807, 2.05) is 0 Å². The zero-order valence-electron chi connectivity index (χ0n) is 10.9. The third-order valence-corrected chi connectivity index (χ3v) is 3.29. The largest absolute Gasteiger partial charge is 0.480 e. The number of rotatable bonds is 2. The molecule has 1 aromatic rings. The van der Waals surface area contributed by atoms with Gasteiger partial charge in [-0.05, 0) is 18.2 Å². The lowest BCUT2D eigenvalue weighted by atomic mass is 10.2. The molecule has 0 aliphatic carbocycles. The van der Waals surface area contributed by atoms with Gasteiger partial charge in [0.15, 0.2) is 0 Å². The third kappa shape index (κ3) is 2.72. The number of carbonyl (C=O) groups excluding carboxylic acids is 1. The summed E-state index contributed by atoms with van der Waals surface area (Å²) in [6, 6.07) is 3.79. The number of carboxylic acid groups (broad SMARTS) is 1. The van der Waals surface area contributed by atoms with E-state index in [9.17, 15) is 19.1 Å². The van der Waals surface area contributed by atoms with Gasteiger partial charge in [-0.1, -0.05) is 6.07 Å². The normalized spacial score (nSPS) is 21.9.